The van der Waals surface area contributed by atoms with E-state index in [1.807, 2.05) is 39.8 Å². The van der Waals surface area contributed by atoms with Crippen LogP contribution in [0.4, 0.5) is 0 Å². The van der Waals surface area contributed by atoms with E-state index in [1.54, 1.807) is 12.1 Å². The molecule has 1 aromatic heterocycles. The fraction of sp³-hybridized carbons (Fsp3) is 0.476. The number of carbonyl (C=O) groups excluding carboxylic acids is 1. The number of amides is 1. The third kappa shape index (κ3) is 6.40. The lowest BCUT2D eigenvalue weighted by molar-refractivity contribution is -0.142. The van der Waals surface area contributed by atoms with Gasteiger partial charge >= 0.3 is 5.97 Å². The summed E-state index contributed by atoms with van der Waals surface area (Å²) >= 11 is 0. The van der Waals surface area contributed by atoms with Crippen LogP contribution in [0.2, 0.25) is 0 Å². The molecule has 1 heterocycles. The van der Waals surface area contributed by atoms with Crippen molar-refractivity contribution in [3.8, 4) is 5.75 Å². The van der Waals surface area contributed by atoms with Crippen molar-refractivity contribution in [3.05, 3.63) is 46.8 Å². The van der Waals surface area contributed by atoms with Crippen molar-refractivity contribution < 1.29 is 24.0 Å². The molecule has 0 aliphatic rings. The molecule has 0 saturated carbocycles. The molecule has 0 bridgehead atoms. The lowest BCUT2D eigenvalue weighted by atomic mass is 9.97. The van der Waals surface area contributed by atoms with Gasteiger partial charge in [-0.1, -0.05) is 31.1 Å². The van der Waals surface area contributed by atoms with Crippen molar-refractivity contribution in [2.24, 2.45) is 11.8 Å². The first-order chi connectivity index (χ1) is 13.3. The molecule has 0 radical (unpaired) electrons. The van der Waals surface area contributed by atoms with Crippen LogP contribution in [-0.2, 0) is 22.6 Å². The second-order valence-electron chi connectivity index (χ2n) is 7.38. The highest BCUT2D eigenvalue weighted by Crippen LogP contribution is 2.18. The molecule has 0 spiro atoms. The highest BCUT2D eigenvalue weighted by molar-refractivity contribution is 5.79. The van der Waals surface area contributed by atoms with E-state index in [1.165, 1.54) is 0 Å². The number of carbonyl (C=O) groups is 2. The normalized spacial score (nSPS) is 12.0. The lowest BCUT2D eigenvalue weighted by Gasteiger charge is -2.15. The number of aryl methyl sites for hydroxylation is 2. The van der Waals surface area contributed by atoms with Crippen molar-refractivity contribution in [2.75, 3.05) is 6.54 Å². The molecule has 0 fully saturated rings. The van der Waals surface area contributed by atoms with Gasteiger partial charge in [0.15, 0.2) is 0 Å². The third-order valence-corrected chi connectivity index (χ3v) is 4.50. The van der Waals surface area contributed by atoms with Gasteiger partial charge in [0, 0.05) is 6.54 Å². The molecule has 1 aromatic carbocycles. The Balaban J connectivity index is 1.82. The average Bonchev–Trinajstić information content (AvgIpc) is 2.95. The third-order valence-electron chi connectivity index (χ3n) is 4.50. The molecule has 2 aromatic rings. The van der Waals surface area contributed by atoms with Gasteiger partial charge in [-0.05, 0) is 43.9 Å². The van der Waals surface area contributed by atoms with Gasteiger partial charge in [0.25, 0.3) is 0 Å². The topological polar surface area (TPSA) is 102 Å². The zero-order chi connectivity index (χ0) is 20.7. The number of ether oxygens (including phenoxy) is 1. The van der Waals surface area contributed by atoms with E-state index in [0.717, 1.165) is 22.6 Å². The lowest BCUT2D eigenvalue weighted by Crippen LogP contribution is -2.34. The maximum atomic E-state index is 12.1. The Morgan fingerprint density at radius 3 is 2.43 bits per heavy atom. The Bertz CT molecular complexity index is 776. The van der Waals surface area contributed by atoms with E-state index in [0.29, 0.717) is 18.8 Å². The first-order valence-corrected chi connectivity index (χ1v) is 9.39. The highest BCUT2D eigenvalue weighted by Gasteiger charge is 2.19. The number of hydrogen-bond donors (Lipinski definition) is 2. The van der Waals surface area contributed by atoms with E-state index >= 15 is 0 Å². The van der Waals surface area contributed by atoms with Gasteiger partial charge in [-0.25, -0.2) is 0 Å². The van der Waals surface area contributed by atoms with Gasteiger partial charge in [-0.2, -0.15) is 0 Å². The second kappa shape index (κ2) is 9.92. The number of benzene rings is 1. The predicted molar refractivity (Wildman–Crippen MR) is 104 cm³/mol. The quantitative estimate of drug-likeness (QED) is 0.648. The monoisotopic (exact) mass is 388 g/mol. The maximum absolute atomic E-state index is 12.1. The van der Waals surface area contributed by atoms with Crippen LogP contribution in [0.15, 0.2) is 28.8 Å². The van der Waals surface area contributed by atoms with Crippen molar-refractivity contribution in [1.29, 1.82) is 0 Å². The molecule has 0 aliphatic heterocycles. The molecule has 1 atom stereocenters. The first kappa shape index (κ1) is 21.5. The van der Waals surface area contributed by atoms with Gasteiger partial charge < -0.3 is 19.7 Å². The minimum atomic E-state index is -0.881. The molecule has 2 N–H and O–H groups in total. The van der Waals surface area contributed by atoms with Crippen LogP contribution in [0.5, 0.6) is 5.75 Å². The number of hydrogen-bond acceptors (Lipinski definition) is 5. The zero-order valence-corrected chi connectivity index (χ0v) is 16.8. The maximum Gasteiger partial charge on any atom is 0.308 e. The molecular weight excluding hydrogens is 360 g/mol. The molecule has 2 rings (SSSR count). The number of carboxylic acid groups (broad SMARTS) is 1. The smallest absolute Gasteiger partial charge is 0.308 e. The summed E-state index contributed by atoms with van der Waals surface area (Å²) in [5.74, 6) is 0.0446. The number of aliphatic carboxylic acids is 1. The van der Waals surface area contributed by atoms with Gasteiger partial charge in [-0.15, -0.1) is 0 Å². The molecule has 28 heavy (non-hydrogen) atoms. The highest BCUT2D eigenvalue weighted by atomic mass is 16.5. The van der Waals surface area contributed by atoms with Crippen molar-refractivity contribution in [3.63, 3.8) is 0 Å². The largest absolute Gasteiger partial charge is 0.489 e. The molecule has 7 nitrogen and oxygen atoms in total. The van der Waals surface area contributed by atoms with Crippen molar-refractivity contribution in [2.45, 2.75) is 47.1 Å². The van der Waals surface area contributed by atoms with Crippen molar-refractivity contribution >= 4 is 11.9 Å². The second-order valence-corrected chi connectivity index (χ2v) is 7.38. The van der Waals surface area contributed by atoms with Crippen LogP contribution in [0.3, 0.4) is 0 Å². The SMILES string of the molecule is Cc1noc(C)c1COc1ccc(CC(=O)NCC(CC(C)C)C(=O)O)cc1. The molecule has 1 unspecified atom stereocenters. The fourth-order valence-corrected chi connectivity index (χ4v) is 2.89. The van der Waals surface area contributed by atoms with Crippen LogP contribution in [0, 0.1) is 25.7 Å². The van der Waals surface area contributed by atoms with Crippen LogP contribution in [0.25, 0.3) is 0 Å². The van der Waals surface area contributed by atoms with Crippen LogP contribution >= 0.6 is 0 Å². The summed E-state index contributed by atoms with van der Waals surface area (Å²) in [6.45, 7) is 8.15. The molecule has 1 amide bonds. The van der Waals surface area contributed by atoms with E-state index in [9.17, 15) is 14.7 Å². The summed E-state index contributed by atoms with van der Waals surface area (Å²) in [6.07, 6.45) is 0.727. The number of rotatable bonds is 10. The fourth-order valence-electron chi connectivity index (χ4n) is 2.89. The van der Waals surface area contributed by atoms with Gasteiger partial charge in [0.05, 0.1) is 23.6 Å². The molecule has 7 heteroatoms. The van der Waals surface area contributed by atoms with Crippen molar-refractivity contribution in [1.82, 2.24) is 10.5 Å². The summed E-state index contributed by atoms with van der Waals surface area (Å²) in [4.78, 5) is 23.4. The Hall–Kier alpha value is -2.83. The van der Waals surface area contributed by atoms with E-state index < -0.39 is 11.9 Å². The standard InChI is InChI=1S/C21H28N2O5/c1-13(2)9-17(21(25)26)11-22-20(24)10-16-5-7-18(8-6-16)27-12-19-14(3)23-28-15(19)4/h5-8,13,17H,9-12H2,1-4H3,(H,22,24)(H,25,26). The molecular formula is C21H28N2O5. The molecule has 0 aliphatic carbocycles. The minimum absolute atomic E-state index is 0.144. The van der Waals surface area contributed by atoms with Crippen LogP contribution < -0.4 is 10.1 Å². The summed E-state index contributed by atoms with van der Waals surface area (Å²) in [5.41, 5.74) is 2.57. The Morgan fingerprint density at radius 2 is 1.89 bits per heavy atom. The van der Waals surface area contributed by atoms with E-state index in [2.05, 4.69) is 10.5 Å². The van der Waals surface area contributed by atoms with Gasteiger partial charge in [-0.3, -0.25) is 9.59 Å². The summed E-state index contributed by atoms with van der Waals surface area (Å²) in [6, 6.07) is 7.26. The number of aromatic nitrogens is 1. The van der Waals surface area contributed by atoms with Crippen LogP contribution in [0.1, 0.15) is 42.8 Å². The average molecular weight is 388 g/mol. The van der Waals surface area contributed by atoms with Gasteiger partial charge in [0.1, 0.15) is 18.1 Å². The number of carboxylic acids is 1. The zero-order valence-electron chi connectivity index (χ0n) is 16.8. The number of nitrogens with one attached hydrogen (secondary N) is 1. The summed E-state index contributed by atoms with van der Waals surface area (Å²) in [5, 5.41) is 15.8. The first-order valence-electron chi connectivity index (χ1n) is 9.39. The Morgan fingerprint density at radius 1 is 1.21 bits per heavy atom. The van der Waals surface area contributed by atoms with Crippen LogP contribution in [-0.4, -0.2) is 28.7 Å². The summed E-state index contributed by atoms with van der Waals surface area (Å²) in [7, 11) is 0. The Labute approximate surface area is 165 Å². The molecule has 0 saturated heterocycles. The van der Waals surface area contributed by atoms with Gasteiger partial charge in [0.2, 0.25) is 5.91 Å². The molecule has 152 valence electrons. The predicted octanol–water partition coefficient (Wildman–Crippen LogP) is 3.28. The summed E-state index contributed by atoms with van der Waals surface area (Å²) < 4.78 is 10.9. The van der Waals surface area contributed by atoms with E-state index in [4.69, 9.17) is 9.26 Å². The van der Waals surface area contributed by atoms with E-state index in [-0.39, 0.29) is 24.8 Å². The number of nitrogens with zero attached hydrogens (tertiary/aromatic N) is 1. The minimum Gasteiger partial charge on any atom is -0.489 e. The Kier molecular flexibility index (Phi) is 7.61.